The van der Waals surface area contributed by atoms with Crippen molar-refractivity contribution < 1.29 is 14.3 Å². The molecular weight excluding hydrogens is 286 g/mol. The molecule has 1 unspecified atom stereocenters. The molecule has 1 aromatic heterocycles. The van der Waals surface area contributed by atoms with Crippen LogP contribution in [0.4, 0.5) is 4.79 Å². The van der Waals surface area contributed by atoms with Gasteiger partial charge in [-0.15, -0.1) is 11.3 Å². The van der Waals surface area contributed by atoms with Crippen molar-refractivity contribution in [1.82, 2.24) is 4.90 Å². The third-order valence-corrected chi connectivity index (χ3v) is 4.60. The van der Waals surface area contributed by atoms with Crippen molar-refractivity contribution >= 4 is 23.2 Å². The van der Waals surface area contributed by atoms with Crippen molar-refractivity contribution in [3.8, 4) is 0 Å². The minimum Gasteiger partial charge on any atom is -0.444 e. The standard InChI is InChI=1S/C16H23NO3S/c1-11-7-9-21-14(11)13(18)10-12-6-5-8-17(12)15(19)20-16(2,3)4/h7,9,12H,5-6,8,10H2,1-4H3. The first kappa shape index (κ1) is 16.0. The Kier molecular flexibility index (Phi) is 4.71. The third-order valence-electron chi connectivity index (χ3n) is 3.54. The number of Topliss-reactive ketones (excluding diaryl/α,β-unsaturated/α-hetero) is 1. The van der Waals surface area contributed by atoms with Gasteiger partial charge in [-0.05, 0) is 57.5 Å². The second kappa shape index (κ2) is 6.18. The first-order valence-electron chi connectivity index (χ1n) is 7.35. The molecule has 0 N–H and O–H groups in total. The highest BCUT2D eigenvalue weighted by atomic mass is 32.1. The number of hydrogen-bond acceptors (Lipinski definition) is 4. The molecule has 1 aliphatic heterocycles. The van der Waals surface area contributed by atoms with E-state index in [0.717, 1.165) is 23.3 Å². The van der Waals surface area contributed by atoms with Gasteiger partial charge in [-0.25, -0.2) is 4.79 Å². The van der Waals surface area contributed by atoms with Crippen LogP contribution in [-0.2, 0) is 4.74 Å². The van der Waals surface area contributed by atoms with E-state index in [1.54, 1.807) is 4.90 Å². The highest BCUT2D eigenvalue weighted by molar-refractivity contribution is 7.12. The highest BCUT2D eigenvalue weighted by Gasteiger charge is 2.33. The summed E-state index contributed by atoms with van der Waals surface area (Å²) in [5, 5.41) is 1.93. The summed E-state index contributed by atoms with van der Waals surface area (Å²) in [7, 11) is 0. The van der Waals surface area contributed by atoms with Crippen LogP contribution in [0.25, 0.3) is 0 Å². The van der Waals surface area contributed by atoms with Gasteiger partial charge in [-0.1, -0.05) is 0 Å². The topological polar surface area (TPSA) is 46.6 Å². The number of ether oxygens (including phenoxy) is 1. The smallest absolute Gasteiger partial charge is 0.410 e. The van der Waals surface area contributed by atoms with Gasteiger partial charge in [0.2, 0.25) is 0 Å². The van der Waals surface area contributed by atoms with Gasteiger partial charge in [0.1, 0.15) is 5.60 Å². The molecule has 1 aliphatic rings. The number of thiophene rings is 1. The lowest BCUT2D eigenvalue weighted by atomic mass is 10.1. The van der Waals surface area contributed by atoms with Crippen LogP contribution in [0.5, 0.6) is 0 Å². The summed E-state index contributed by atoms with van der Waals surface area (Å²) >= 11 is 1.48. The van der Waals surface area contributed by atoms with E-state index in [2.05, 4.69) is 0 Å². The van der Waals surface area contributed by atoms with Crippen molar-refractivity contribution in [1.29, 1.82) is 0 Å². The average molecular weight is 309 g/mol. The van der Waals surface area contributed by atoms with Crippen LogP contribution >= 0.6 is 11.3 Å². The molecule has 0 aromatic carbocycles. The SMILES string of the molecule is Cc1ccsc1C(=O)CC1CCCN1C(=O)OC(C)(C)C. The molecule has 116 valence electrons. The Bertz CT molecular complexity index is 530. The van der Waals surface area contributed by atoms with Crippen LogP contribution in [0.3, 0.4) is 0 Å². The number of aryl methyl sites for hydroxylation is 1. The summed E-state index contributed by atoms with van der Waals surface area (Å²) in [4.78, 5) is 27.1. The zero-order valence-corrected chi connectivity index (χ0v) is 14.0. The fourth-order valence-corrected chi connectivity index (χ4v) is 3.45. The first-order valence-corrected chi connectivity index (χ1v) is 8.23. The van der Waals surface area contributed by atoms with Crippen LogP contribution in [0.2, 0.25) is 0 Å². The molecule has 21 heavy (non-hydrogen) atoms. The van der Waals surface area contributed by atoms with Gasteiger partial charge in [0.15, 0.2) is 5.78 Å². The quantitative estimate of drug-likeness (QED) is 0.792. The molecule has 1 saturated heterocycles. The number of amides is 1. The Labute approximate surface area is 130 Å². The zero-order valence-electron chi connectivity index (χ0n) is 13.1. The van der Waals surface area contributed by atoms with Gasteiger partial charge in [-0.2, -0.15) is 0 Å². The lowest BCUT2D eigenvalue weighted by Gasteiger charge is -2.28. The van der Waals surface area contributed by atoms with Gasteiger partial charge in [0, 0.05) is 19.0 Å². The first-order chi connectivity index (χ1) is 9.78. The molecular formula is C16H23NO3S. The van der Waals surface area contributed by atoms with Gasteiger partial charge in [0.25, 0.3) is 0 Å². The van der Waals surface area contributed by atoms with Crippen molar-refractivity contribution in [2.45, 2.75) is 58.6 Å². The van der Waals surface area contributed by atoms with Gasteiger partial charge < -0.3 is 9.64 Å². The van der Waals surface area contributed by atoms with E-state index >= 15 is 0 Å². The fraction of sp³-hybridized carbons (Fsp3) is 0.625. The monoisotopic (exact) mass is 309 g/mol. The minimum atomic E-state index is -0.501. The summed E-state index contributed by atoms with van der Waals surface area (Å²) in [6.07, 6.45) is 1.89. The lowest BCUT2D eigenvalue weighted by molar-refractivity contribution is 0.0223. The molecule has 0 saturated carbocycles. The summed E-state index contributed by atoms with van der Waals surface area (Å²) in [5.74, 6) is 0.128. The highest BCUT2D eigenvalue weighted by Crippen LogP contribution is 2.26. The van der Waals surface area contributed by atoms with Crippen molar-refractivity contribution in [3.63, 3.8) is 0 Å². The maximum atomic E-state index is 12.4. The third kappa shape index (κ3) is 4.06. The number of hydrogen-bond donors (Lipinski definition) is 0. The lowest BCUT2D eigenvalue weighted by Crippen LogP contribution is -2.40. The second-order valence-electron chi connectivity index (χ2n) is 6.53. The predicted molar refractivity (Wildman–Crippen MR) is 84.0 cm³/mol. The molecule has 5 heteroatoms. The number of carbonyl (C=O) groups is 2. The van der Waals surface area contributed by atoms with E-state index in [4.69, 9.17) is 4.74 Å². The predicted octanol–water partition coefficient (Wildman–Crippen LogP) is 4.03. The molecule has 4 nitrogen and oxygen atoms in total. The molecule has 0 aliphatic carbocycles. The van der Waals surface area contributed by atoms with E-state index in [9.17, 15) is 9.59 Å². The van der Waals surface area contributed by atoms with E-state index in [1.165, 1.54) is 11.3 Å². The van der Waals surface area contributed by atoms with E-state index in [-0.39, 0.29) is 17.9 Å². The molecule has 0 bridgehead atoms. The van der Waals surface area contributed by atoms with Crippen LogP contribution in [0.1, 0.15) is 55.3 Å². The molecule has 1 amide bonds. The van der Waals surface area contributed by atoms with Gasteiger partial charge in [-0.3, -0.25) is 4.79 Å². The average Bonchev–Trinajstić information content (AvgIpc) is 2.95. The van der Waals surface area contributed by atoms with Crippen LogP contribution in [-0.4, -0.2) is 35.0 Å². The fourth-order valence-electron chi connectivity index (χ4n) is 2.57. The van der Waals surface area contributed by atoms with Crippen LogP contribution in [0, 0.1) is 6.92 Å². The Morgan fingerprint density at radius 3 is 2.71 bits per heavy atom. The van der Waals surface area contributed by atoms with Gasteiger partial charge >= 0.3 is 6.09 Å². The molecule has 2 rings (SSSR count). The molecule has 1 fully saturated rings. The minimum absolute atomic E-state index is 0.0335. The van der Waals surface area contributed by atoms with E-state index in [0.29, 0.717) is 13.0 Å². The Morgan fingerprint density at radius 1 is 1.43 bits per heavy atom. The summed E-state index contributed by atoms with van der Waals surface area (Å²) in [6, 6.07) is 1.92. The van der Waals surface area contributed by atoms with Crippen LogP contribution in [0.15, 0.2) is 11.4 Å². The Morgan fingerprint density at radius 2 is 2.14 bits per heavy atom. The summed E-state index contributed by atoms with van der Waals surface area (Å²) in [6.45, 7) is 8.20. The molecule has 0 spiro atoms. The van der Waals surface area contributed by atoms with Crippen molar-refractivity contribution in [2.75, 3.05) is 6.54 Å². The van der Waals surface area contributed by atoms with E-state index in [1.807, 2.05) is 39.1 Å². The summed E-state index contributed by atoms with van der Waals surface area (Å²) in [5.41, 5.74) is 0.519. The molecule has 1 atom stereocenters. The van der Waals surface area contributed by atoms with Crippen LogP contribution < -0.4 is 0 Å². The molecule has 1 aromatic rings. The Hall–Kier alpha value is -1.36. The summed E-state index contributed by atoms with van der Waals surface area (Å²) < 4.78 is 5.43. The number of rotatable bonds is 3. The maximum Gasteiger partial charge on any atom is 0.410 e. The van der Waals surface area contributed by atoms with Crippen molar-refractivity contribution in [3.05, 3.63) is 21.9 Å². The zero-order chi connectivity index (χ0) is 15.6. The number of likely N-dealkylation sites (tertiary alicyclic amines) is 1. The molecule has 2 heterocycles. The number of nitrogens with zero attached hydrogens (tertiary/aromatic N) is 1. The number of carbonyl (C=O) groups excluding carboxylic acids is 2. The van der Waals surface area contributed by atoms with Gasteiger partial charge in [0.05, 0.1) is 4.88 Å². The molecule has 0 radical (unpaired) electrons. The largest absolute Gasteiger partial charge is 0.444 e. The normalized spacial score (nSPS) is 18.9. The maximum absolute atomic E-state index is 12.4. The second-order valence-corrected chi connectivity index (χ2v) is 7.45. The Balaban J connectivity index is 2.01. The van der Waals surface area contributed by atoms with Crippen molar-refractivity contribution in [2.24, 2.45) is 0 Å². The number of ketones is 1. The van der Waals surface area contributed by atoms with E-state index < -0.39 is 5.60 Å².